The predicted octanol–water partition coefficient (Wildman–Crippen LogP) is 1.80. The zero-order chi connectivity index (χ0) is 12.4. The first-order chi connectivity index (χ1) is 8.81. The standard InChI is InChI=1S/C13H16N4O/c14-13-15-7-9-3-4-10(6-12(9)17-13)16-11-2-1-5-18-8-11/h3-4,6-7,11,16H,1-2,5,8H2,(H2,14,15,17). The van der Waals surface area contributed by atoms with Crippen molar-refractivity contribution >= 4 is 22.5 Å². The number of nitrogen functional groups attached to an aromatic ring is 1. The summed E-state index contributed by atoms with van der Waals surface area (Å²) in [5.41, 5.74) is 7.51. The quantitative estimate of drug-likeness (QED) is 0.842. The summed E-state index contributed by atoms with van der Waals surface area (Å²) in [6, 6.07) is 6.43. The monoisotopic (exact) mass is 244 g/mol. The lowest BCUT2D eigenvalue weighted by Crippen LogP contribution is -2.29. The molecule has 1 unspecified atom stereocenters. The van der Waals surface area contributed by atoms with Gasteiger partial charge in [0.2, 0.25) is 5.95 Å². The van der Waals surface area contributed by atoms with E-state index < -0.39 is 0 Å². The van der Waals surface area contributed by atoms with E-state index in [1.54, 1.807) is 6.20 Å². The van der Waals surface area contributed by atoms with E-state index in [1.165, 1.54) is 0 Å². The Morgan fingerprint density at radius 1 is 1.39 bits per heavy atom. The van der Waals surface area contributed by atoms with Crippen LogP contribution >= 0.6 is 0 Å². The average Bonchev–Trinajstić information content (AvgIpc) is 2.39. The van der Waals surface area contributed by atoms with Gasteiger partial charge in [-0.2, -0.15) is 0 Å². The van der Waals surface area contributed by atoms with E-state index in [9.17, 15) is 0 Å². The zero-order valence-corrected chi connectivity index (χ0v) is 10.1. The molecule has 2 aromatic rings. The molecule has 94 valence electrons. The summed E-state index contributed by atoms with van der Waals surface area (Å²) in [5.74, 6) is 0.306. The Bertz CT molecular complexity index is 552. The van der Waals surface area contributed by atoms with Crippen molar-refractivity contribution in [3.8, 4) is 0 Å². The fourth-order valence-corrected chi connectivity index (χ4v) is 2.22. The SMILES string of the molecule is Nc1ncc2ccc(NC3CCCOC3)cc2n1. The molecule has 0 bridgehead atoms. The molecule has 1 aromatic heterocycles. The highest BCUT2D eigenvalue weighted by molar-refractivity contribution is 5.82. The number of aromatic nitrogens is 2. The molecule has 5 nitrogen and oxygen atoms in total. The van der Waals surface area contributed by atoms with Crippen LogP contribution in [0.4, 0.5) is 11.6 Å². The van der Waals surface area contributed by atoms with Gasteiger partial charge in [0, 0.05) is 29.9 Å². The molecule has 0 amide bonds. The highest BCUT2D eigenvalue weighted by atomic mass is 16.5. The number of hydrogen-bond acceptors (Lipinski definition) is 5. The van der Waals surface area contributed by atoms with Gasteiger partial charge in [0.25, 0.3) is 0 Å². The van der Waals surface area contributed by atoms with E-state index in [-0.39, 0.29) is 0 Å². The van der Waals surface area contributed by atoms with Gasteiger partial charge in [0.15, 0.2) is 0 Å². The number of nitrogens with zero attached hydrogens (tertiary/aromatic N) is 2. The average molecular weight is 244 g/mol. The van der Waals surface area contributed by atoms with E-state index in [0.29, 0.717) is 12.0 Å². The smallest absolute Gasteiger partial charge is 0.220 e. The molecular formula is C13H16N4O. The van der Waals surface area contributed by atoms with Crippen molar-refractivity contribution in [2.45, 2.75) is 18.9 Å². The number of nitrogens with two attached hydrogens (primary N) is 1. The van der Waals surface area contributed by atoms with Crippen molar-refractivity contribution in [3.63, 3.8) is 0 Å². The molecule has 0 radical (unpaired) electrons. The Morgan fingerprint density at radius 3 is 3.17 bits per heavy atom. The van der Waals surface area contributed by atoms with Crippen LogP contribution in [0.1, 0.15) is 12.8 Å². The molecule has 1 aliphatic heterocycles. The minimum atomic E-state index is 0.306. The van der Waals surface area contributed by atoms with Crippen LogP contribution in [0.15, 0.2) is 24.4 Å². The summed E-state index contributed by atoms with van der Waals surface area (Å²) in [7, 11) is 0. The van der Waals surface area contributed by atoms with Gasteiger partial charge in [0.1, 0.15) is 0 Å². The van der Waals surface area contributed by atoms with Gasteiger partial charge >= 0.3 is 0 Å². The van der Waals surface area contributed by atoms with Crippen molar-refractivity contribution in [1.29, 1.82) is 0 Å². The van der Waals surface area contributed by atoms with Crippen molar-refractivity contribution < 1.29 is 4.74 Å². The number of benzene rings is 1. The van der Waals surface area contributed by atoms with Crippen molar-refractivity contribution in [2.24, 2.45) is 0 Å². The second-order valence-electron chi connectivity index (χ2n) is 4.56. The number of anilines is 2. The minimum Gasteiger partial charge on any atom is -0.380 e. The Labute approximate surface area is 105 Å². The molecule has 0 aliphatic carbocycles. The van der Waals surface area contributed by atoms with E-state index in [0.717, 1.165) is 42.6 Å². The molecule has 1 atom stereocenters. The maximum absolute atomic E-state index is 5.60. The Balaban J connectivity index is 1.83. The van der Waals surface area contributed by atoms with Gasteiger partial charge < -0.3 is 15.8 Å². The van der Waals surface area contributed by atoms with Crippen LogP contribution in [0.2, 0.25) is 0 Å². The number of nitrogens with one attached hydrogen (secondary N) is 1. The number of fused-ring (bicyclic) bond motifs is 1. The predicted molar refractivity (Wildman–Crippen MR) is 71.4 cm³/mol. The first-order valence-electron chi connectivity index (χ1n) is 6.18. The third-order valence-corrected chi connectivity index (χ3v) is 3.13. The maximum Gasteiger partial charge on any atom is 0.220 e. The summed E-state index contributed by atoms with van der Waals surface area (Å²) in [6.07, 6.45) is 4.00. The minimum absolute atomic E-state index is 0.306. The van der Waals surface area contributed by atoms with Crippen LogP contribution in [-0.4, -0.2) is 29.2 Å². The molecule has 5 heteroatoms. The van der Waals surface area contributed by atoms with Crippen LogP contribution in [0, 0.1) is 0 Å². The van der Waals surface area contributed by atoms with E-state index in [4.69, 9.17) is 10.5 Å². The Morgan fingerprint density at radius 2 is 2.33 bits per heavy atom. The molecule has 3 rings (SSSR count). The molecule has 1 fully saturated rings. The Hall–Kier alpha value is -1.88. The molecule has 3 N–H and O–H groups in total. The van der Waals surface area contributed by atoms with Crippen LogP contribution in [0.3, 0.4) is 0 Å². The molecule has 2 heterocycles. The van der Waals surface area contributed by atoms with Gasteiger partial charge in [-0.05, 0) is 31.0 Å². The largest absolute Gasteiger partial charge is 0.380 e. The van der Waals surface area contributed by atoms with Crippen LogP contribution in [0.5, 0.6) is 0 Å². The zero-order valence-electron chi connectivity index (χ0n) is 10.1. The number of ether oxygens (including phenoxy) is 1. The lowest BCUT2D eigenvalue weighted by atomic mass is 10.1. The highest BCUT2D eigenvalue weighted by Crippen LogP contribution is 2.19. The van der Waals surface area contributed by atoms with Crippen molar-refractivity contribution in [2.75, 3.05) is 24.3 Å². The summed E-state index contributed by atoms with van der Waals surface area (Å²) < 4.78 is 5.45. The summed E-state index contributed by atoms with van der Waals surface area (Å²) in [6.45, 7) is 1.64. The van der Waals surface area contributed by atoms with Gasteiger partial charge in [0.05, 0.1) is 12.1 Å². The van der Waals surface area contributed by atoms with E-state index in [2.05, 4.69) is 15.3 Å². The van der Waals surface area contributed by atoms with Crippen LogP contribution < -0.4 is 11.1 Å². The first-order valence-corrected chi connectivity index (χ1v) is 6.18. The topological polar surface area (TPSA) is 73.1 Å². The Kier molecular flexibility index (Phi) is 2.98. The van der Waals surface area contributed by atoms with Gasteiger partial charge in [-0.3, -0.25) is 0 Å². The van der Waals surface area contributed by atoms with Gasteiger partial charge in [-0.1, -0.05) is 0 Å². The normalized spacial score (nSPS) is 19.9. The highest BCUT2D eigenvalue weighted by Gasteiger charge is 2.13. The fraction of sp³-hybridized carbons (Fsp3) is 0.385. The van der Waals surface area contributed by atoms with Gasteiger partial charge in [-0.25, -0.2) is 9.97 Å². The van der Waals surface area contributed by atoms with Crippen molar-refractivity contribution in [3.05, 3.63) is 24.4 Å². The number of hydrogen-bond donors (Lipinski definition) is 2. The molecule has 1 aromatic carbocycles. The molecule has 18 heavy (non-hydrogen) atoms. The second kappa shape index (κ2) is 4.78. The fourth-order valence-electron chi connectivity index (χ4n) is 2.22. The number of rotatable bonds is 2. The summed E-state index contributed by atoms with van der Waals surface area (Å²) in [5, 5.41) is 4.46. The second-order valence-corrected chi connectivity index (χ2v) is 4.56. The summed E-state index contributed by atoms with van der Waals surface area (Å²) in [4.78, 5) is 8.20. The van der Waals surface area contributed by atoms with Crippen molar-refractivity contribution in [1.82, 2.24) is 9.97 Å². The maximum atomic E-state index is 5.60. The van der Waals surface area contributed by atoms with Gasteiger partial charge in [-0.15, -0.1) is 0 Å². The molecule has 1 saturated heterocycles. The third kappa shape index (κ3) is 2.36. The lowest BCUT2D eigenvalue weighted by Gasteiger charge is -2.24. The molecule has 0 spiro atoms. The lowest BCUT2D eigenvalue weighted by molar-refractivity contribution is 0.0876. The molecule has 1 aliphatic rings. The molecule has 0 saturated carbocycles. The third-order valence-electron chi connectivity index (χ3n) is 3.13. The van der Waals surface area contributed by atoms with E-state index >= 15 is 0 Å². The molecular weight excluding hydrogens is 228 g/mol. The van der Waals surface area contributed by atoms with Crippen LogP contribution in [-0.2, 0) is 4.74 Å². The first kappa shape index (κ1) is 11.2. The van der Waals surface area contributed by atoms with Crippen LogP contribution in [0.25, 0.3) is 10.9 Å². The summed E-state index contributed by atoms with van der Waals surface area (Å²) >= 11 is 0. The van der Waals surface area contributed by atoms with E-state index in [1.807, 2.05) is 18.2 Å².